The van der Waals surface area contributed by atoms with Crippen molar-refractivity contribution >= 4 is 11.8 Å². The molecule has 3 rings (SSSR count). The molecule has 0 saturated heterocycles. The summed E-state index contributed by atoms with van der Waals surface area (Å²) >= 11 is 0. The zero-order chi connectivity index (χ0) is 17.9. The second kappa shape index (κ2) is 7.22. The van der Waals surface area contributed by atoms with Gasteiger partial charge in [0, 0.05) is 17.4 Å². The quantitative estimate of drug-likeness (QED) is 0.716. The van der Waals surface area contributed by atoms with E-state index in [9.17, 15) is 9.59 Å². The van der Waals surface area contributed by atoms with Crippen molar-refractivity contribution in [1.29, 1.82) is 0 Å². The summed E-state index contributed by atoms with van der Waals surface area (Å²) in [5.74, 6) is -0.0773. The van der Waals surface area contributed by atoms with Crippen LogP contribution in [0.5, 0.6) is 0 Å². The van der Waals surface area contributed by atoms with Crippen LogP contribution < -0.4 is 0 Å². The Bertz CT molecular complexity index is 776. The number of esters is 1. The fourth-order valence-corrected chi connectivity index (χ4v) is 3.94. The lowest BCUT2D eigenvalue weighted by Gasteiger charge is -2.30. The first-order chi connectivity index (χ1) is 12.1. The molecule has 1 atom stereocenters. The maximum absolute atomic E-state index is 12.6. The van der Waals surface area contributed by atoms with E-state index in [1.807, 2.05) is 30.3 Å². The summed E-state index contributed by atoms with van der Waals surface area (Å²) in [6.07, 6.45) is 4.61. The van der Waals surface area contributed by atoms with Crippen LogP contribution in [0, 0.1) is 0 Å². The van der Waals surface area contributed by atoms with Gasteiger partial charge in [-0.25, -0.2) is 4.79 Å². The summed E-state index contributed by atoms with van der Waals surface area (Å²) in [7, 11) is 1.39. The van der Waals surface area contributed by atoms with Crippen molar-refractivity contribution < 1.29 is 14.3 Å². The van der Waals surface area contributed by atoms with E-state index in [-0.39, 0.29) is 17.2 Å². The Balaban J connectivity index is 1.93. The molecule has 0 spiro atoms. The van der Waals surface area contributed by atoms with Gasteiger partial charge in [-0.3, -0.25) is 4.79 Å². The van der Waals surface area contributed by atoms with Crippen molar-refractivity contribution in [3.63, 3.8) is 0 Å². The average Bonchev–Trinajstić information content (AvgIpc) is 2.92. The van der Waals surface area contributed by atoms with Gasteiger partial charge in [-0.2, -0.15) is 0 Å². The third kappa shape index (κ3) is 3.37. The van der Waals surface area contributed by atoms with Crippen molar-refractivity contribution in [2.24, 2.45) is 0 Å². The Morgan fingerprint density at radius 2 is 1.84 bits per heavy atom. The predicted molar refractivity (Wildman–Crippen MR) is 98.1 cm³/mol. The van der Waals surface area contributed by atoms with Crippen molar-refractivity contribution in [3.05, 3.63) is 70.8 Å². The summed E-state index contributed by atoms with van der Waals surface area (Å²) in [5.41, 5.74) is 3.64. The Kier molecular flexibility index (Phi) is 5.03. The van der Waals surface area contributed by atoms with Crippen molar-refractivity contribution in [1.82, 2.24) is 0 Å². The minimum Gasteiger partial charge on any atom is -0.465 e. The smallest absolute Gasteiger partial charge is 0.337 e. The van der Waals surface area contributed by atoms with Gasteiger partial charge < -0.3 is 4.74 Å². The van der Waals surface area contributed by atoms with E-state index in [1.54, 1.807) is 12.1 Å². The molecule has 0 amide bonds. The van der Waals surface area contributed by atoms with Crippen LogP contribution in [0.2, 0.25) is 0 Å². The second-order valence-electron chi connectivity index (χ2n) is 6.89. The number of ketones is 1. The van der Waals surface area contributed by atoms with Crippen LogP contribution in [0.3, 0.4) is 0 Å². The van der Waals surface area contributed by atoms with E-state index >= 15 is 0 Å². The lowest BCUT2D eigenvalue weighted by atomic mass is 9.73. The lowest BCUT2D eigenvalue weighted by molar-refractivity contribution is 0.0600. The number of hydrogen-bond donors (Lipinski definition) is 0. The van der Waals surface area contributed by atoms with Crippen LogP contribution in [0.4, 0.5) is 0 Å². The molecule has 3 nitrogen and oxygen atoms in total. The third-order valence-electron chi connectivity index (χ3n) is 5.22. The van der Waals surface area contributed by atoms with Gasteiger partial charge in [0.25, 0.3) is 0 Å². The number of fused-ring (bicyclic) bond motifs is 1. The molecule has 0 aromatic heterocycles. The van der Waals surface area contributed by atoms with E-state index < -0.39 is 0 Å². The largest absolute Gasteiger partial charge is 0.465 e. The standard InChI is InChI=1S/C22H24O3/c1-3-4-13-22(15-20(23)18-7-5-6-8-19(18)22)14-16-9-11-17(12-10-16)21(24)25-2/h5-12H,3-4,13-15H2,1-2H3/t22-/m1/s1. The predicted octanol–water partition coefficient (Wildman–Crippen LogP) is 4.73. The molecule has 0 aliphatic heterocycles. The molecule has 0 unspecified atom stereocenters. The molecule has 0 radical (unpaired) electrons. The van der Waals surface area contributed by atoms with E-state index in [2.05, 4.69) is 13.0 Å². The molecular formula is C22H24O3. The number of rotatable bonds is 6. The highest BCUT2D eigenvalue weighted by Crippen LogP contribution is 2.45. The fourth-order valence-electron chi connectivity index (χ4n) is 3.94. The number of carbonyl (C=O) groups is 2. The minimum atomic E-state index is -0.325. The third-order valence-corrected chi connectivity index (χ3v) is 5.22. The second-order valence-corrected chi connectivity index (χ2v) is 6.89. The van der Waals surface area contributed by atoms with E-state index in [4.69, 9.17) is 4.74 Å². The number of carbonyl (C=O) groups excluding carboxylic acids is 2. The fraction of sp³-hybridized carbons (Fsp3) is 0.364. The van der Waals surface area contributed by atoms with Crippen molar-refractivity contribution in [2.45, 2.75) is 44.4 Å². The molecule has 0 N–H and O–H groups in total. The molecule has 1 aliphatic rings. The Hall–Kier alpha value is -2.42. The molecule has 130 valence electrons. The molecule has 0 fully saturated rings. The molecule has 0 bridgehead atoms. The lowest BCUT2D eigenvalue weighted by Crippen LogP contribution is -2.26. The van der Waals surface area contributed by atoms with Gasteiger partial charge in [0.1, 0.15) is 0 Å². The highest BCUT2D eigenvalue weighted by atomic mass is 16.5. The van der Waals surface area contributed by atoms with Crippen molar-refractivity contribution in [3.8, 4) is 0 Å². The summed E-state index contributed by atoms with van der Waals surface area (Å²) < 4.78 is 4.76. The first kappa shape index (κ1) is 17.4. The molecular weight excluding hydrogens is 312 g/mol. The molecule has 0 heterocycles. The topological polar surface area (TPSA) is 43.4 Å². The number of unbranched alkanes of at least 4 members (excludes halogenated alkanes) is 1. The summed E-state index contributed by atoms with van der Waals surface area (Å²) in [5, 5.41) is 0. The molecule has 1 aliphatic carbocycles. The number of hydrogen-bond acceptors (Lipinski definition) is 3. The van der Waals surface area contributed by atoms with Gasteiger partial charge in [-0.15, -0.1) is 0 Å². The summed E-state index contributed by atoms with van der Waals surface area (Å²) in [6.45, 7) is 2.18. The highest BCUT2D eigenvalue weighted by molar-refractivity contribution is 6.02. The summed E-state index contributed by atoms with van der Waals surface area (Å²) in [4.78, 5) is 24.2. The average molecular weight is 336 g/mol. The van der Waals surface area contributed by atoms with E-state index in [0.717, 1.165) is 36.8 Å². The van der Waals surface area contributed by atoms with Crippen LogP contribution in [-0.2, 0) is 16.6 Å². The van der Waals surface area contributed by atoms with Crippen LogP contribution in [0.25, 0.3) is 0 Å². The van der Waals surface area contributed by atoms with Crippen LogP contribution in [-0.4, -0.2) is 18.9 Å². The molecule has 25 heavy (non-hydrogen) atoms. The monoisotopic (exact) mass is 336 g/mol. The molecule has 2 aromatic carbocycles. The number of benzene rings is 2. The highest BCUT2D eigenvalue weighted by Gasteiger charge is 2.42. The molecule has 0 saturated carbocycles. The Morgan fingerprint density at radius 3 is 2.52 bits per heavy atom. The van der Waals surface area contributed by atoms with Crippen LogP contribution >= 0.6 is 0 Å². The van der Waals surface area contributed by atoms with Gasteiger partial charge >= 0.3 is 5.97 Å². The maximum atomic E-state index is 12.6. The van der Waals surface area contributed by atoms with Gasteiger partial charge in [-0.1, -0.05) is 56.2 Å². The molecule has 2 aromatic rings. The minimum absolute atomic E-state index is 0.129. The number of Topliss-reactive ketones (excluding diaryl/α,β-unsaturated/α-hetero) is 1. The first-order valence-electron chi connectivity index (χ1n) is 8.89. The van der Waals surface area contributed by atoms with Crippen molar-refractivity contribution in [2.75, 3.05) is 7.11 Å². The number of methoxy groups -OCH3 is 1. The SMILES string of the molecule is CCCC[C@@]1(Cc2ccc(C(=O)OC)cc2)CC(=O)c2ccccc21. The first-order valence-corrected chi connectivity index (χ1v) is 8.89. The normalized spacial score (nSPS) is 18.9. The molecule has 3 heteroatoms. The summed E-state index contributed by atoms with van der Waals surface area (Å²) in [6, 6.07) is 15.6. The van der Waals surface area contributed by atoms with Gasteiger partial charge in [-0.05, 0) is 36.1 Å². The van der Waals surface area contributed by atoms with Gasteiger partial charge in [0.05, 0.1) is 12.7 Å². The zero-order valence-electron chi connectivity index (χ0n) is 14.9. The van der Waals surface area contributed by atoms with Crippen LogP contribution in [0.15, 0.2) is 48.5 Å². The van der Waals surface area contributed by atoms with Crippen LogP contribution in [0.1, 0.15) is 64.4 Å². The van der Waals surface area contributed by atoms with Gasteiger partial charge in [0.15, 0.2) is 5.78 Å². The van der Waals surface area contributed by atoms with E-state index in [0.29, 0.717) is 12.0 Å². The van der Waals surface area contributed by atoms with E-state index in [1.165, 1.54) is 12.7 Å². The maximum Gasteiger partial charge on any atom is 0.337 e. The zero-order valence-corrected chi connectivity index (χ0v) is 14.9. The number of ether oxygens (including phenoxy) is 1. The van der Waals surface area contributed by atoms with Gasteiger partial charge in [0.2, 0.25) is 0 Å². The Labute approximate surface area is 149 Å². The Morgan fingerprint density at radius 1 is 1.12 bits per heavy atom.